The minimum absolute atomic E-state index is 0.0177. The van der Waals surface area contributed by atoms with Gasteiger partial charge in [0.15, 0.2) is 0 Å². The number of imidazole rings is 2. The molecule has 0 radical (unpaired) electrons. The van der Waals surface area contributed by atoms with Gasteiger partial charge in [-0.05, 0) is 178 Å². The quantitative estimate of drug-likeness (QED) is 0.0549. The molecule has 6 nitrogen and oxygen atoms in total. The summed E-state index contributed by atoms with van der Waals surface area (Å²) in [6, 6.07) is 69.5. The highest BCUT2D eigenvalue weighted by atomic mass is 15.3. The molecule has 8 aromatic carbocycles. The van der Waals surface area contributed by atoms with Gasteiger partial charge in [0.25, 0.3) is 0 Å². The standard InChI is InChI=1S/C85H98N6/c1-57(2)74-44-31-45-75(58(3)4)80(74)89-54-71(86-83(89)66-37-23-17-24-38-66)41-27-13-14-28-42-72-55-91(82-78(61(9)10)52-70(53-79(82)62(11)12)65-35-21-16-22-36-65)85(88-72)68-48-46-63(47-49-68)32-29-30-43-73-56-90(84(87-73)67-39-25-18-26-40-67)81-76(59(5)6)50-69(51-77(81)60(7)8)64-33-19-15-20-34-64/h15-26,31,33-40,44-62,84,87H,13-14,27-30,32,41-43H2,1-12H3. The molecule has 11 rings (SSSR count). The zero-order chi connectivity index (χ0) is 63.7. The van der Waals surface area contributed by atoms with Gasteiger partial charge in [-0.15, -0.1) is 0 Å². The van der Waals surface area contributed by atoms with Gasteiger partial charge in [-0.3, -0.25) is 9.13 Å². The van der Waals surface area contributed by atoms with Crippen LogP contribution in [0.2, 0.25) is 0 Å². The first kappa shape index (κ1) is 64.1. The van der Waals surface area contributed by atoms with E-state index >= 15 is 0 Å². The fraction of sp³-hybridized carbons (Fsp3) is 0.341. The van der Waals surface area contributed by atoms with E-state index < -0.39 is 0 Å². The van der Waals surface area contributed by atoms with Gasteiger partial charge in [0.1, 0.15) is 17.8 Å². The third-order valence-corrected chi connectivity index (χ3v) is 18.7. The van der Waals surface area contributed by atoms with Crippen LogP contribution in [0, 0.1) is 0 Å². The molecule has 91 heavy (non-hydrogen) atoms. The normalized spacial score (nSPS) is 13.5. The second-order valence-electron chi connectivity index (χ2n) is 27.5. The first-order valence-corrected chi connectivity index (χ1v) is 34.3. The zero-order valence-corrected chi connectivity index (χ0v) is 56.5. The first-order chi connectivity index (χ1) is 44.1. The number of anilines is 1. The third-order valence-electron chi connectivity index (χ3n) is 18.7. The van der Waals surface area contributed by atoms with E-state index in [2.05, 4.69) is 309 Å². The van der Waals surface area contributed by atoms with Gasteiger partial charge < -0.3 is 10.2 Å². The average Bonchev–Trinajstić information content (AvgIpc) is 1.79. The molecule has 1 unspecified atom stereocenters. The van der Waals surface area contributed by atoms with Crippen LogP contribution in [0.3, 0.4) is 0 Å². The van der Waals surface area contributed by atoms with E-state index in [0.29, 0.717) is 35.5 Å². The van der Waals surface area contributed by atoms with Crippen molar-refractivity contribution in [2.75, 3.05) is 4.90 Å². The number of hydrogen-bond acceptors (Lipinski definition) is 4. The molecule has 1 aliphatic heterocycles. The minimum Gasteiger partial charge on any atom is -0.363 e. The summed E-state index contributed by atoms with van der Waals surface area (Å²) in [7, 11) is 0. The molecule has 0 spiro atoms. The Labute approximate surface area is 545 Å². The van der Waals surface area contributed by atoms with Crippen LogP contribution < -0.4 is 10.2 Å². The monoisotopic (exact) mass is 1200 g/mol. The highest BCUT2D eigenvalue weighted by molar-refractivity contribution is 5.76. The van der Waals surface area contributed by atoms with Gasteiger partial charge >= 0.3 is 0 Å². The summed E-state index contributed by atoms with van der Waals surface area (Å²) in [4.78, 5) is 13.5. The van der Waals surface area contributed by atoms with Gasteiger partial charge in [0.05, 0.1) is 22.8 Å². The highest BCUT2D eigenvalue weighted by Gasteiger charge is 2.32. The van der Waals surface area contributed by atoms with Gasteiger partial charge in [-0.2, -0.15) is 0 Å². The predicted molar refractivity (Wildman–Crippen MR) is 386 cm³/mol. The minimum atomic E-state index is 0.0177. The molecule has 0 amide bonds. The molecule has 0 saturated carbocycles. The Morgan fingerprint density at radius 3 is 1.15 bits per heavy atom. The van der Waals surface area contributed by atoms with Gasteiger partial charge in [0, 0.05) is 41.1 Å². The average molecular weight is 1200 g/mol. The number of rotatable bonds is 26. The molecule has 0 aliphatic carbocycles. The molecule has 0 fully saturated rings. The van der Waals surface area contributed by atoms with Crippen LogP contribution in [0.15, 0.2) is 212 Å². The van der Waals surface area contributed by atoms with E-state index in [4.69, 9.17) is 9.97 Å². The zero-order valence-electron chi connectivity index (χ0n) is 56.5. The SMILES string of the molecule is CC(C)c1cc(-c2ccccc2)cc(C(C)C)c1N1C=C(CCCCc2ccc(-c3nc(CCCCCCc4cn(-c5c(C(C)C)cccc5C(C)C)c(-c5ccccc5)n4)cn3-c3c(C(C)C)cc(-c4ccccc4)cc3C(C)C)cc2)NC1c1ccccc1. The Morgan fingerprint density at radius 1 is 0.341 bits per heavy atom. The van der Waals surface area contributed by atoms with Gasteiger partial charge in [0.2, 0.25) is 0 Å². The number of nitrogens with zero attached hydrogens (tertiary/aromatic N) is 5. The lowest BCUT2D eigenvalue weighted by atomic mass is 9.87. The lowest BCUT2D eigenvalue weighted by Crippen LogP contribution is -2.29. The Morgan fingerprint density at radius 2 is 0.714 bits per heavy atom. The summed E-state index contributed by atoms with van der Waals surface area (Å²) >= 11 is 0. The molecule has 0 bridgehead atoms. The molecular formula is C85H98N6. The molecule has 1 aliphatic rings. The summed E-state index contributed by atoms with van der Waals surface area (Å²) in [6.45, 7) is 28.0. The van der Waals surface area contributed by atoms with Crippen molar-refractivity contribution >= 4 is 5.69 Å². The van der Waals surface area contributed by atoms with E-state index in [1.165, 1.54) is 89.5 Å². The fourth-order valence-electron chi connectivity index (χ4n) is 13.7. The van der Waals surface area contributed by atoms with Crippen LogP contribution in [0.1, 0.15) is 226 Å². The molecule has 3 heterocycles. The summed E-state index contributed by atoms with van der Waals surface area (Å²) in [6.07, 6.45) is 17.7. The Hall–Kier alpha value is -8.48. The lowest BCUT2D eigenvalue weighted by Gasteiger charge is -2.33. The molecule has 1 N–H and O–H groups in total. The van der Waals surface area contributed by atoms with Crippen LogP contribution >= 0.6 is 0 Å². The Kier molecular flexibility index (Phi) is 20.6. The van der Waals surface area contributed by atoms with Crippen molar-refractivity contribution in [1.29, 1.82) is 0 Å². The molecule has 0 saturated heterocycles. The maximum atomic E-state index is 5.60. The van der Waals surface area contributed by atoms with Crippen molar-refractivity contribution in [3.05, 3.63) is 268 Å². The van der Waals surface area contributed by atoms with Crippen LogP contribution in [-0.4, -0.2) is 19.1 Å². The second-order valence-corrected chi connectivity index (χ2v) is 27.5. The van der Waals surface area contributed by atoms with Crippen LogP contribution in [0.25, 0.3) is 56.4 Å². The predicted octanol–water partition coefficient (Wildman–Crippen LogP) is 23.2. The van der Waals surface area contributed by atoms with Crippen molar-refractivity contribution in [3.63, 3.8) is 0 Å². The van der Waals surface area contributed by atoms with Crippen molar-refractivity contribution in [3.8, 4) is 56.4 Å². The van der Waals surface area contributed by atoms with Crippen molar-refractivity contribution < 1.29 is 0 Å². The summed E-state index contributed by atoms with van der Waals surface area (Å²) in [5.41, 5.74) is 25.8. The Balaban J connectivity index is 0.815. The number of hydrogen-bond donors (Lipinski definition) is 1. The van der Waals surface area contributed by atoms with Crippen molar-refractivity contribution in [2.45, 2.75) is 189 Å². The molecule has 468 valence electrons. The number of nitrogens with one attached hydrogen (secondary N) is 1. The van der Waals surface area contributed by atoms with Crippen molar-refractivity contribution in [2.24, 2.45) is 0 Å². The number of unbranched alkanes of at least 4 members (excludes halogenated alkanes) is 4. The smallest absolute Gasteiger partial charge is 0.144 e. The maximum Gasteiger partial charge on any atom is 0.144 e. The topological polar surface area (TPSA) is 50.9 Å². The summed E-state index contributed by atoms with van der Waals surface area (Å²) in [5.74, 6) is 4.14. The first-order valence-electron chi connectivity index (χ1n) is 34.3. The highest BCUT2D eigenvalue weighted by Crippen LogP contribution is 2.45. The molecule has 10 aromatic rings. The summed E-state index contributed by atoms with van der Waals surface area (Å²) in [5, 5.41) is 4.03. The van der Waals surface area contributed by atoms with E-state index in [-0.39, 0.29) is 6.17 Å². The van der Waals surface area contributed by atoms with Crippen LogP contribution in [0.4, 0.5) is 5.69 Å². The van der Waals surface area contributed by atoms with E-state index in [0.717, 1.165) is 98.4 Å². The second kappa shape index (κ2) is 29.2. The van der Waals surface area contributed by atoms with Gasteiger partial charge in [-0.25, -0.2) is 9.97 Å². The van der Waals surface area contributed by atoms with E-state index in [1.807, 2.05) is 0 Å². The van der Waals surface area contributed by atoms with Gasteiger partial charge in [-0.1, -0.05) is 260 Å². The molecule has 2 aromatic heterocycles. The van der Waals surface area contributed by atoms with E-state index in [9.17, 15) is 0 Å². The van der Waals surface area contributed by atoms with E-state index in [1.54, 1.807) is 0 Å². The largest absolute Gasteiger partial charge is 0.363 e. The number of para-hydroxylation sites is 1. The van der Waals surface area contributed by atoms with Crippen LogP contribution in [0.5, 0.6) is 0 Å². The lowest BCUT2D eigenvalue weighted by molar-refractivity contribution is 0.612. The Bertz CT molecular complexity index is 3940. The fourth-order valence-corrected chi connectivity index (χ4v) is 13.7. The molecule has 6 heteroatoms. The third kappa shape index (κ3) is 14.7. The van der Waals surface area contributed by atoms with Crippen LogP contribution in [-0.2, 0) is 19.3 Å². The number of benzene rings is 8. The maximum absolute atomic E-state index is 5.60. The number of aromatic nitrogens is 4. The number of aryl methyl sites for hydroxylation is 3. The van der Waals surface area contributed by atoms with Crippen molar-refractivity contribution in [1.82, 2.24) is 24.4 Å². The molecule has 1 atom stereocenters. The number of allylic oxidation sites excluding steroid dienone is 1. The molecular weight excluding hydrogens is 1100 g/mol. The summed E-state index contributed by atoms with van der Waals surface area (Å²) < 4.78 is 4.87.